The van der Waals surface area contributed by atoms with Gasteiger partial charge in [-0.2, -0.15) is 0 Å². The van der Waals surface area contributed by atoms with E-state index in [1.807, 2.05) is 23.5 Å². The van der Waals surface area contributed by atoms with E-state index in [-0.39, 0.29) is 0 Å². The number of para-hydroxylation sites is 2. The minimum absolute atomic E-state index is 0.899. The molecule has 12 rings (SSSR count). The van der Waals surface area contributed by atoms with Crippen molar-refractivity contribution in [2.75, 3.05) is 4.90 Å². The molecule has 0 spiro atoms. The van der Waals surface area contributed by atoms with Crippen LogP contribution in [0.5, 0.6) is 0 Å². The fourth-order valence-corrected chi connectivity index (χ4v) is 10.6. The Morgan fingerprint density at radius 1 is 0.317 bits per heavy atom. The monoisotopic (exact) mass is 821 g/mol. The number of hydrogen-bond donors (Lipinski definition) is 0. The summed E-state index contributed by atoms with van der Waals surface area (Å²) in [6.45, 7) is 0. The van der Waals surface area contributed by atoms with Crippen LogP contribution in [0.25, 0.3) is 97.7 Å². The molecule has 0 fully saturated rings. The topological polar surface area (TPSA) is 16.4 Å². The van der Waals surface area contributed by atoms with E-state index in [4.69, 9.17) is 4.42 Å². The fraction of sp³-hybridized carbons (Fsp3) is 0. The van der Waals surface area contributed by atoms with Gasteiger partial charge in [0.1, 0.15) is 11.2 Å². The number of furan rings is 1. The van der Waals surface area contributed by atoms with Gasteiger partial charge in [-0.3, -0.25) is 0 Å². The molecule has 0 saturated heterocycles. The van der Waals surface area contributed by atoms with Crippen LogP contribution >= 0.6 is 11.3 Å². The van der Waals surface area contributed by atoms with Gasteiger partial charge in [0.15, 0.2) is 0 Å². The van der Waals surface area contributed by atoms with Crippen LogP contribution in [0.4, 0.5) is 17.1 Å². The van der Waals surface area contributed by atoms with Crippen LogP contribution < -0.4 is 4.90 Å². The van der Waals surface area contributed by atoms with E-state index in [1.54, 1.807) is 0 Å². The minimum Gasteiger partial charge on any atom is -0.455 e. The van der Waals surface area contributed by atoms with Crippen molar-refractivity contribution in [1.82, 2.24) is 0 Å². The molecular weight excluding hydrogens is 783 g/mol. The number of thiophene rings is 1. The molecule has 0 N–H and O–H groups in total. The molecule has 63 heavy (non-hydrogen) atoms. The van der Waals surface area contributed by atoms with Crippen LogP contribution in [-0.4, -0.2) is 0 Å². The lowest BCUT2D eigenvalue weighted by atomic mass is 9.87. The van der Waals surface area contributed by atoms with Gasteiger partial charge in [-0.25, -0.2) is 0 Å². The largest absolute Gasteiger partial charge is 0.455 e. The van der Waals surface area contributed by atoms with Gasteiger partial charge < -0.3 is 9.32 Å². The standard InChI is InChI=1S/C60H39NOS/c1-3-16-40(17-4-1)46-20-7-8-23-52(46)58-47(41-18-5-2-6-19-41)24-15-29-55(58)61(44-36-32-42(33-37-44)48-25-13-27-53-50-21-9-11-30-56(50)62-59(48)53)45-38-34-43(35-39-45)49-26-14-28-54-51-22-10-12-31-57(51)63-60(49)54/h1-39H. The van der Waals surface area contributed by atoms with Crippen LogP contribution in [0.1, 0.15) is 0 Å². The van der Waals surface area contributed by atoms with E-state index in [0.29, 0.717) is 0 Å². The summed E-state index contributed by atoms with van der Waals surface area (Å²) in [7, 11) is 0. The molecule has 3 heteroatoms. The Balaban J connectivity index is 1.06. The molecule has 0 bridgehead atoms. The van der Waals surface area contributed by atoms with E-state index < -0.39 is 0 Å². The van der Waals surface area contributed by atoms with Crippen molar-refractivity contribution in [3.8, 4) is 55.6 Å². The van der Waals surface area contributed by atoms with Crippen molar-refractivity contribution in [1.29, 1.82) is 0 Å². The van der Waals surface area contributed by atoms with Gasteiger partial charge in [0, 0.05) is 53.4 Å². The molecule has 0 aliphatic heterocycles. The molecule has 12 aromatic rings. The normalized spacial score (nSPS) is 11.5. The summed E-state index contributed by atoms with van der Waals surface area (Å²) in [6, 6.07) is 85.4. The zero-order valence-corrected chi connectivity index (χ0v) is 35.1. The SMILES string of the molecule is c1ccc(-c2ccccc2-c2c(-c3ccccc3)cccc2N(c2ccc(-c3cccc4c3oc3ccccc34)cc2)c2ccc(-c3cccc4c3sc3ccccc34)cc2)cc1. The van der Waals surface area contributed by atoms with Crippen LogP contribution in [0.3, 0.4) is 0 Å². The first-order valence-corrected chi connectivity index (χ1v) is 22.2. The summed E-state index contributed by atoms with van der Waals surface area (Å²) >= 11 is 1.87. The van der Waals surface area contributed by atoms with E-state index in [2.05, 4.69) is 229 Å². The Labute approximate surface area is 370 Å². The maximum absolute atomic E-state index is 6.50. The summed E-state index contributed by atoms with van der Waals surface area (Å²) in [5.74, 6) is 0. The van der Waals surface area contributed by atoms with Gasteiger partial charge in [0.05, 0.1) is 5.69 Å². The highest BCUT2D eigenvalue weighted by Gasteiger charge is 2.23. The summed E-state index contributed by atoms with van der Waals surface area (Å²) in [5.41, 5.74) is 16.7. The third-order valence-electron chi connectivity index (χ3n) is 12.3. The smallest absolute Gasteiger partial charge is 0.143 e. The first-order chi connectivity index (χ1) is 31.3. The van der Waals surface area contributed by atoms with E-state index in [9.17, 15) is 0 Å². The van der Waals surface area contributed by atoms with Crippen molar-refractivity contribution in [3.05, 3.63) is 237 Å². The first kappa shape index (κ1) is 36.8. The minimum atomic E-state index is 0.899. The molecular formula is C60H39NOS. The number of fused-ring (bicyclic) bond motifs is 6. The molecule has 2 aromatic heterocycles. The van der Waals surface area contributed by atoms with Crippen LogP contribution in [0.15, 0.2) is 241 Å². The van der Waals surface area contributed by atoms with E-state index in [0.717, 1.165) is 50.1 Å². The van der Waals surface area contributed by atoms with Crippen LogP contribution in [0.2, 0.25) is 0 Å². The second-order valence-electron chi connectivity index (χ2n) is 16.0. The summed E-state index contributed by atoms with van der Waals surface area (Å²) in [6.07, 6.45) is 0. The zero-order chi connectivity index (χ0) is 41.7. The molecule has 0 aliphatic carbocycles. The van der Waals surface area contributed by atoms with Gasteiger partial charge in [0.25, 0.3) is 0 Å². The summed E-state index contributed by atoms with van der Waals surface area (Å²) in [5, 5.41) is 4.87. The average Bonchev–Trinajstić information content (AvgIpc) is 3.94. The Hall–Kier alpha value is -7.98. The lowest BCUT2D eigenvalue weighted by molar-refractivity contribution is 0.670. The van der Waals surface area contributed by atoms with Crippen LogP contribution in [-0.2, 0) is 0 Å². The van der Waals surface area contributed by atoms with Crippen molar-refractivity contribution >= 4 is 70.5 Å². The van der Waals surface area contributed by atoms with Gasteiger partial charge in [-0.1, -0.05) is 194 Å². The molecule has 0 radical (unpaired) electrons. The highest BCUT2D eigenvalue weighted by Crippen LogP contribution is 2.49. The Bertz CT molecular complexity index is 3450. The molecule has 2 nitrogen and oxygen atoms in total. The Morgan fingerprint density at radius 2 is 0.810 bits per heavy atom. The summed E-state index contributed by atoms with van der Waals surface area (Å²) < 4.78 is 9.13. The van der Waals surface area contributed by atoms with Crippen molar-refractivity contribution in [2.24, 2.45) is 0 Å². The molecule has 0 unspecified atom stereocenters. The quantitative estimate of drug-likeness (QED) is 0.152. The highest BCUT2D eigenvalue weighted by molar-refractivity contribution is 7.26. The van der Waals surface area contributed by atoms with Gasteiger partial charge in [0.2, 0.25) is 0 Å². The predicted molar refractivity (Wildman–Crippen MR) is 268 cm³/mol. The molecule has 0 atom stereocenters. The van der Waals surface area contributed by atoms with Gasteiger partial charge in [-0.15, -0.1) is 11.3 Å². The summed E-state index contributed by atoms with van der Waals surface area (Å²) in [4.78, 5) is 2.43. The van der Waals surface area contributed by atoms with Gasteiger partial charge in [-0.05, 0) is 87.0 Å². The number of anilines is 3. The lowest BCUT2D eigenvalue weighted by Crippen LogP contribution is -2.12. The van der Waals surface area contributed by atoms with E-state index >= 15 is 0 Å². The highest BCUT2D eigenvalue weighted by atomic mass is 32.1. The van der Waals surface area contributed by atoms with Crippen molar-refractivity contribution in [2.45, 2.75) is 0 Å². The molecule has 0 saturated carbocycles. The van der Waals surface area contributed by atoms with E-state index in [1.165, 1.54) is 64.7 Å². The third-order valence-corrected chi connectivity index (χ3v) is 13.6. The van der Waals surface area contributed by atoms with Gasteiger partial charge >= 0.3 is 0 Å². The lowest BCUT2D eigenvalue weighted by Gasteiger charge is -2.30. The second kappa shape index (κ2) is 15.5. The number of benzene rings is 10. The zero-order valence-electron chi connectivity index (χ0n) is 34.3. The van der Waals surface area contributed by atoms with Crippen molar-refractivity contribution < 1.29 is 4.42 Å². The molecule has 296 valence electrons. The number of hydrogen-bond acceptors (Lipinski definition) is 3. The maximum atomic E-state index is 6.50. The Kier molecular flexibility index (Phi) is 9.06. The molecule has 10 aromatic carbocycles. The average molecular weight is 822 g/mol. The first-order valence-electron chi connectivity index (χ1n) is 21.4. The second-order valence-corrected chi connectivity index (χ2v) is 17.0. The Morgan fingerprint density at radius 3 is 1.54 bits per heavy atom. The van der Waals surface area contributed by atoms with Crippen LogP contribution in [0, 0.1) is 0 Å². The molecule has 0 aliphatic rings. The molecule has 0 amide bonds. The van der Waals surface area contributed by atoms with Crippen molar-refractivity contribution in [3.63, 3.8) is 0 Å². The predicted octanol–water partition coefficient (Wildman–Crippen LogP) is 17.8. The number of nitrogens with zero attached hydrogens (tertiary/aromatic N) is 1. The maximum Gasteiger partial charge on any atom is 0.143 e. The molecule has 2 heterocycles. The third kappa shape index (κ3) is 6.41. The number of rotatable bonds is 8. The fourth-order valence-electron chi connectivity index (χ4n) is 9.39.